The van der Waals surface area contributed by atoms with Gasteiger partial charge < -0.3 is 14.2 Å². The molecule has 0 amide bonds. The summed E-state index contributed by atoms with van der Waals surface area (Å²) in [7, 11) is 0. The molecule has 0 N–H and O–H groups in total. The van der Waals surface area contributed by atoms with E-state index in [-0.39, 0.29) is 49.7 Å². The number of halogens is 6. The van der Waals surface area contributed by atoms with Gasteiger partial charge in [0.1, 0.15) is 6.79 Å². The minimum absolute atomic E-state index is 0.0975. The Balaban J connectivity index is 1.60. The molecule has 4 bridgehead atoms. The molecule has 5 fully saturated rings. The van der Waals surface area contributed by atoms with E-state index < -0.39 is 35.8 Å². The Hall–Kier alpha value is -0.540. The molecule has 0 aromatic carbocycles. The molecule has 38 heavy (non-hydrogen) atoms. The first-order valence-electron chi connectivity index (χ1n) is 14.6. The third-order valence-corrected chi connectivity index (χ3v) is 10.4. The molecule has 0 radical (unpaired) electrons. The lowest BCUT2D eigenvalue weighted by molar-refractivity contribution is -0.444. The quantitative estimate of drug-likeness (QED) is 0.153. The van der Waals surface area contributed by atoms with Crippen LogP contribution in [0.5, 0.6) is 0 Å². The number of ether oxygens (including phenoxy) is 3. The van der Waals surface area contributed by atoms with Crippen molar-refractivity contribution >= 4 is 0 Å². The Kier molecular flexibility index (Phi) is 8.56. The van der Waals surface area contributed by atoms with Crippen molar-refractivity contribution in [3.63, 3.8) is 0 Å². The first-order valence-corrected chi connectivity index (χ1v) is 14.6. The highest BCUT2D eigenvalue weighted by molar-refractivity contribution is 5.20. The second-order valence-electron chi connectivity index (χ2n) is 13.7. The second-order valence-corrected chi connectivity index (χ2v) is 13.7. The van der Waals surface area contributed by atoms with E-state index in [2.05, 4.69) is 20.8 Å². The molecule has 0 aromatic heterocycles. The molecule has 3 nitrogen and oxygen atoms in total. The van der Waals surface area contributed by atoms with Crippen LogP contribution < -0.4 is 0 Å². The van der Waals surface area contributed by atoms with E-state index in [0.29, 0.717) is 43.4 Å². The first-order chi connectivity index (χ1) is 17.6. The van der Waals surface area contributed by atoms with Crippen molar-refractivity contribution in [3.05, 3.63) is 0 Å². The second kappa shape index (κ2) is 10.7. The fraction of sp³-hybridized carbons (Fsp3) is 1.00. The molecule has 5 rings (SSSR count). The van der Waals surface area contributed by atoms with Crippen LogP contribution in [-0.2, 0) is 14.2 Å². The summed E-state index contributed by atoms with van der Waals surface area (Å²) in [6.07, 6.45) is -6.82. The molecular formula is C29H46F6O3. The van der Waals surface area contributed by atoms with Crippen LogP contribution in [0.25, 0.3) is 0 Å². The molecular weight excluding hydrogens is 510 g/mol. The van der Waals surface area contributed by atoms with Crippen LogP contribution in [0.3, 0.4) is 0 Å². The molecule has 0 aromatic rings. The highest BCUT2D eigenvalue weighted by atomic mass is 19.4. The van der Waals surface area contributed by atoms with Gasteiger partial charge in [-0.2, -0.15) is 26.3 Å². The molecule has 0 saturated heterocycles. The van der Waals surface area contributed by atoms with Crippen molar-refractivity contribution in [3.8, 4) is 0 Å². The van der Waals surface area contributed by atoms with Gasteiger partial charge in [-0.1, -0.05) is 34.1 Å². The summed E-state index contributed by atoms with van der Waals surface area (Å²) in [6, 6.07) is 0. The minimum Gasteiger partial charge on any atom is -0.372 e. The molecule has 0 aliphatic heterocycles. The Labute approximate surface area is 223 Å². The van der Waals surface area contributed by atoms with Gasteiger partial charge in [-0.15, -0.1) is 0 Å². The van der Waals surface area contributed by atoms with Gasteiger partial charge in [0.15, 0.2) is 0 Å². The van der Waals surface area contributed by atoms with E-state index in [1.807, 2.05) is 13.8 Å². The van der Waals surface area contributed by atoms with Crippen LogP contribution in [-0.4, -0.2) is 43.1 Å². The van der Waals surface area contributed by atoms with Crippen LogP contribution in [0.1, 0.15) is 98.8 Å². The summed E-state index contributed by atoms with van der Waals surface area (Å²) in [4.78, 5) is 0. The zero-order valence-corrected chi connectivity index (χ0v) is 23.5. The van der Waals surface area contributed by atoms with Crippen LogP contribution in [0.15, 0.2) is 0 Å². The van der Waals surface area contributed by atoms with Gasteiger partial charge in [0.2, 0.25) is 0 Å². The number of hydrogen-bond acceptors (Lipinski definition) is 3. The van der Waals surface area contributed by atoms with Gasteiger partial charge in [0.25, 0.3) is 5.60 Å². The summed E-state index contributed by atoms with van der Waals surface area (Å²) in [6.45, 7) is 9.17. The summed E-state index contributed by atoms with van der Waals surface area (Å²) in [5.41, 5.74) is -7.37. The SMILES string of the molecule is CCC(C)OC12CC3CC(C1)CC(C(OCOCC1CC(C)CCC1C(C)C)(C(F)(F)F)C(F)(F)F)(C3)C2. The molecule has 5 aliphatic rings. The number of rotatable bonds is 10. The van der Waals surface area contributed by atoms with Crippen molar-refractivity contribution < 1.29 is 40.6 Å². The standard InChI is InChI=1S/C29H46F6O3/c1-6-20(5)38-26-13-21-10-22(14-26)12-25(11-21,16-26)27(28(30,31)32,29(33,34)35)37-17-36-15-23-9-19(4)7-8-24(23)18(2)3/h18-24H,6-17H2,1-5H3. The fourth-order valence-electron chi connectivity index (χ4n) is 9.24. The first kappa shape index (κ1) is 30.4. The molecule has 222 valence electrons. The number of hydrogen-bond donors (Lipinski definition) is 0. The third-order valence-electron chi connectivity index (χ3n) is 10.4. The van der Waals surface area contributed by atoms with Crippen LogP contribution in [0, 0.1) is 40.9 Å². The Morgan fingerprint density at radius 1 is 0.868 bits per heavy atom. The zero-order valence-electron chi connectivity index (χ0n) is 23.5. The van der Waals surface area contributed by atoms with Crippen LogP contribution in [0.2, 0.25) is 0 Å². The largest absolute Gasteiger partial charge is 0.427 e. The van der Waals surface area contributed by atoms with Gasteiger partial charge in [0, 0.05) is 5.41 Å². The lowest BCUT2D eigenvalue weighted by atomic mass is 9.43. The van der Waals surface area contributed by atoms with Crippen molar-refractivity contribution in [1.82, 2.24) is 0 Å². The average molecular weight is 557 g/mol. The van der Waals surface area contributed by atoms with Gasteiger partial charge in [0.05, 0.1) is 18.3 Å². The maximum Gasteiger partial charge on any atom is 0.427 e. The Morgan fingerprint density at radius 2 is 1.47 bits per heavy atom. The molecule has 6 unspecified atom stereocenters. The summed E-state index contributed by atoms with van der Waals surface area (Å²) >= 11 is 0. The van der Waals surface area contributed by atoms with E-state index in [9.17, 15) is 26.3 Å². The van der Waals surface area contributed by atoms with Crippen LogP contribution in [0.4, 0.5) is 26.3 Å². The third kappa shape index (κ3) is 5.38. The highest BCUT2D eigenvalue weighted by Crippen LogP contribution is 2.71. The van der Waals surface area contributed by atoms with E-state index in [1.54, 1.807) is 0 Å². The zero-order chi connectivity index (χ0) is 28.1. The summed E-state index contributed by atoms with van der Waals surface area (Å²) in [5, 5.41) is 0. The topological polar surface area (TPSA) is 27.7 Å². The van der Waals surface area contributed by atoms with Gasteiger partial charge in [-0.3, -0.25) is 0 Å². The van der Waals surface area contributed by atoms with E-state index >= 15 is 0 Å². The Bertz CT molecular complexity index is 781. The van der Waals surface area contributed by atoms with Gasteiger partial charge >= 0.3 is 12.4 Å². The van der Waals surface area contributed by atoms with Crippen LogP contribution >= 0.6 is 0 Å². The molecule has 5 saturated carbocycles. The lowest BCUT2D eigenvalue weighted by Crippen LogP contribution is -2.74. The minimum atomic E-state index is -5.64. The monoisotopic (exact) mass is 556 g/mol. The van der Waals surface area contributed by atoms with Gasteiger partial charge in [-0.25, -0.2) is 0 Å². The Morgan fingerprint density at radius 3 is 2.00 bits per heavy atom. The maximum absolute atomic E-state index is 14.9. The van der Waals surface area contributed by atoms with Crippen molar-refractivity contribution in [2.75, 3.05) is 13.4 Å². The molecule has 0 heterocycles. The fourth-order valence-corrected chi connectivity index (χ4v) is 9.24. The maximum atomic E-state index is 14.9. The van der Waals surface area contributed by atoms with Crippen molar-refractivity contribution in [2.45, 2.75) is 128 Å². The van der Waals surface area contributed by atoms with E-state index in [1.165, 1.54) is 0 Å². The molecule has 0 spiro atoms. The normalized spacial score (nSPS) is 38.7. The van der Waals surface area contributed by atoms with Gasteiger partial charge in [-0.05, 0) is 100 Å². The van der Waals surface area contributed by atoms with E-state index in [0.717, 1.165) is 19.3 Å². The summed E-state index contributed by atoms with van der Waals surface area (Å²) < 4.78 is 106. The predicted octanol–water partition coefficient (Wildman–Crippen LogP) is 8.70. The summed E-state index contributed by atoms with van der Waals surface area (Å²) in [5.74, 6) is 0.795. The molecule has 5 aliphatic carbocycles. The molecule has 9 heteroatoms. The predicted molar refractivity (Wildman–Crippen MR) is 132 cm³/mol. The van der Waals surface area contributed by atoms with Crippen molar-refractivity contribution in [1.29, 1.82) is 0 Å². The highest BCUT2D eigenvalue weighted by Gasteiger charge is 2.83. The van der Waals surface area contributed by atoms with Crippen molar-refractivity contribution in [2.24, 2.45) is 40.9 Å². The number of alkyl halides is 6. The lowest BCUT2D eigenvalue weighted by Gasteiger charge is -2.66. The van der Waals surface area contributed by atoms with E-state index in [4.69, 9.17) is 14.2 Å². The average Bonchev–Trinajstić information content (AvgIpc) is 2.75. The molecule has 6 atom stereocenters. The smallest absolute Gasteiger partial charge is 0.372 e.